The quantitative estimate of drug-likeness (QED) is 0.590. The van der Waals surface area contributed by atoms with Crippen molar-refractivity contribution in [1.29, 1.82) is 0 Å². The lowest BCUT2D eigenvalue weighted by molar-refractivity contribution is 0.0327. The van der Waals surface area contributed by atoms with E-state index in [-0.39, 0.29) is 0 Å². The third-order valence-electron chi connectivity index (χ3n) is 4.97. The van der Waals surface area contributed by atoms with Crippen LogP contribution in [0.25, 0.3) is 33.2 Å². The molecule has 1 fully saturated rings. The largest absolute Gasteiger partial charge is 0.381 e. The van der Waals surface area contributed by atoms with Gasteiger partial charge >= 0.3 is 0 Å². The molecule has 130 valence electrons. The molecule has 1 saturated carbocycles. The number of benzene rings is 1. The van der Waals surface area contributed by atoms with Crippen molar-refractivity contribution in [3.05, 3.63) is 43.0 Å². The minimum atomic E-state index is 0.351. The molecule has 0 saturated heterocycles. The summed E-state index contributed by atoms with van der Waals surface area (Å²) >= 11 is 0. The second kappa shape index (κ2) is 6.03. The first-order valence-electron chi connectivity index (χ1n) is 8.65. The lowest BCUT2D eigenvalue weighted by Crippen LogP contribution is -2.40. The first kappa shape index (κ1) is 15.2. The molecule has 0 spiro atoms. The van der Waals surface area contributed by atoms with E-state index in [1.165, 1.54) is 0 Å². The van der Waals surface area contributed by atoms with Crippen LogP contribution in [0.5, 0.6) is 0 Å². The molecule has 0 atom stereocenters. The van der Waals surface area contributed by atoms with Crippen LogP contribution in [0.15, 0.2) is 43.0 Å². The van der Waals surface area contributed by atoms with Crippen molar-refractivity contribution in [2.45, 2.75) is 25.0 Å². The maximum atomic E-state index is 5.31. The zero-order chi connectivity index (χ0) is 17.5. The van der Waals surface area contributed by atoms with Crippen molar-refractivity contribution in [2.24, 2.45) is 0 Å². The first-order valence-corrected chi connectivity index (χ1v) is 8.65. The fraction of sp³-hybridized carbons (Fsp3) is 0.263. The van der Waals surface area contributed by atoms with E-state index >= 15 is 0 Å². The molecule has 0 amide bonds. The maximum Gasteiger partial charge on any atom is 0.224 e. The summed E-state index contributed by atoms with van der Waals surface area (Å²) in [5.41, 5.74) is 4.70. The van der Waals surface area contributed by atoms with Crippen LogP contribution < -0.4 is 5.32 Å². The van der Waals surface area contributed by atoms with E-state index in [1.54, 1.807) is 19.5 Å². The Labute approximate surface area is 149 Å². The number of nitrogens with one attached hydrogen (secondary N) is 2. The van der Waals surface area contributed by atoms with E-state index in [9.17, 15) is 0 Å². The topological polar surface area (TPSA) is 88.6 Å². The van der Waals surface area contributed by atoms with Gasteiger partial charge in [-0.1, -0.05) is 6.07 Å². The summed E-state index contributed by atoms with van der Waals surface area (Å²) in [5, 5.41) is 4.36. The van der Waals surface area contributed by atoms with Crippen LogP contribution >= 0.6 is 0 Å². The highest BCUT2D eigenvalue weighted by Gasteiger charge is 2.29. The highest BCUT2D eigenvalue weighted by molar-refractivity contribution is 5.95. The number of anilines is 1. The normalized spacial score (nSPS) is 19.6. The number of nitrogens with zero attached hydrogens (tertiary/aromatic N) is 4. The Kier molecular flexibility index (Phi) is 3.53. The van der Waals surface area contributed by atoms with Crippen LogP contribution in [0, 0.1) is 0 Å². The molecular formula is C19H18N6O. The van der Waals surface area contributed by atoms with Gasteiger partial charge in [0, 0.05) is 48.9 Å². The second-order valence-corrected chi connectivity index (χ2v) is 6.59. The number of fused-ring (bicyclic) bond motifs is 2. The molecule has 1 aliphatic carbocycles. The summed E-state index contributed by atoms with van der Waals surface area (Å²) in [7, 11) is 1.75. The minimum Gasteiger partial charge on any atom is -0.381 e. The van der Waals surface area contributed by atoms with Crippen LogP contribution in [0.3, 0.4) is 0 Å². The highest BCUT2D eigenvalue weighted by atomic mass is 16.5. The van der Waals surface area contributed by atoms with E-state index < -0.39 is 0 Å². The number of aromatic nitrogens is 5. The van der Waals surface area contributed by atoms with Gasteiger partial charge in [-0.2, -0.15) is 4.98 Å². The van der Waals surface area contributed by atoms with Gasteiger partial charge < -0.3 is 15.0 Å². The molecule has 7 nitrogen and oxygen atoms in total. The number of rotatable bonds is 4. The van der Waals surface area contributed by atoms with Crippen LogP contribution in [0.2, 0.25) is 0 Å². The predicted octanol–water partition coefficient (Wildman–Crippen LogP) is 3.16. The summed E-state index contributed by atoms with van der Waals surface area (Å²) < 4.78 is 5.31. The van der Waals surface area contributed by atoms with Crippen LogP contribution in [-0.4, -0.2) is 44.2 Å². The SMILES string of the molecule is CO[C@H]1C[C@@H](Nc2ncc3c(-c4ccc5nccnc5c4)c[nH]c3n2)C1. The molecule has 26 heavy (non-hydrogen) atoms. The Morgan fingerprint density at radius 2 is 1.96 bits per heavy atom. The van der Waals surface area contributed by atoms with Gasteiger partial charge in [-0.05, 0) is 30.5 Å². The molecule has 4 aromatic rings. The lowest BCUT2D eigenvalue weighted by atomic mass is 9.89. The zero-order valence-corrected chi connectivity index (χ0v) is 14.3. The average molecular weight is 346 g/mol. The Hall–Kier alpha value is -3.06. The van der Waals surface area contributed by atoms with E-state index in [2.05, 4.69) is 30.2 Å². The van der Waals surface area contributed by atoms with Crippen LogP contribution in [-0.2, 0) is 4.74 Å². The van der Waals surface area contributed by atoms with Crippen molar-refractivity contribution in [2.75, 3.05) is 12.4 Å². The van der Waals surface area contributed by atoms with Crippen molar-refractivity contribution in [1.82, 2.24) is 24.9 Å². The molecule has 1 aromatic carbocycles. The summed E-state index contributed by atoms with van der Waals surface area (Å²) in [4.78, 5) is 21.1. The number of aromatic amines is 1. The first-order chi connectivity index (χ1) is 12.8. The third kappa shape index (κ3) is 2.57. The van der Waals surface area contributed by atoms with E-state index in [0.29, 0.717) is 18.1 Å². The predicted molar refractivity (Wildman–Crippen MR) is 99.9 cm³/mol. The molecular weight excluding hydrogens is 328 g/mol. The van der Waals surface area contributed by atoms with Crippen molar-refractivity contribution < 1.29 is 4.74 Å². The Bertz CT molecular complexity index is 1090. The number of hydrogen-bond donors (Lipinski definition) is 2. The van der Waals surface area contributed by atoms with E-state index in [4.69, 9.17) is 4.74 Å². The number of H-pyrrole nitrogens is 1. The lowest BCUT2D eigenvalue weighted by Gasteiger charge is -2.34. The van der Waals surface area contributed by atoms with Crippen molar-refractivity contribution >= 4 is 28.0 Å². The summed E-state index contributed by atoms with van der Waals surface area (Å²) in [6.07, 6.45) is 9.57. The Morgan fingerprint density at radius 1 is 1.12 bits per heavy atom. The van der Waals surface area contributed by atoms with Crippen LogP contribution in [0.4, 0.5) is 5.95 Å². The third-order valence-corrected chi connectivity index (χ3v) is 4.97. The average Bonchev–Trinajstić information content (AvgIpc) is 3.07. The Morgan fingerprint density at radius 3 is 2.81 bits per heavy atom. The molecule has 3 aromatic heterocycles. The second-order valence-electron chi connectivity index (χ2n) is 6.59. The van der Waals surface area contributed by atoms with Gasteiger partial charge in [-0.15, -0.1) is 0 Å². The minimum absolute atomic E-state index is 0.351. The number of ether oxygens (including phenoxy) is 1. The number of methoxy groups -OCH3 is 1. The van der Waals surface area contributed by atoms with Gasteiger partial charge in [-0.3, -0.25) is 9.97 Å². The fourth-order valence-corrected chi connectivity index (χ4v) is 3.40. The Balaban J connectivity index is 1.45. The fourth-order valence-electron chi connectivity index (χ4n) is 3.40. The summed E-state index contributed by atoms with van der Waals surface area (Å²) in [5.74, 6) is 0.648. The molecule has 0 radical (unpaired) electrons. The molecule has 0 unspecified atom stereocenters. The van der Waals surface area contributed by atoms with E-state index in [0.717, 1.165) is 46.0 Å². The van der Waals surface area contributed by atoms with Crippen molar-refractivity contribution in [3.8, 4) is 11.1 Å². The smallest absolute Gasteiger partial charge is 0.224 e. The van der Waals surface area contributed by atoms with Gasteiger partial charge in [0.25, 0.3) is 0 Å². The molecule has 1 aliphatic rings. The molecule has 0 aliphatic heterocycles. The molecule has 5 rings (SSSR count). The van der Waals surface area contributed by atoms with Crippen molar-refractivity contribution in [3.63, 3.8) is 0 Å². The van der Waals surface area contributed by atoms with Gasteiger partial charge in [-0.25, -0.2) is 4.98 Å². The van der Waals surface area contributed by atoms with Gasteiger partial charge in [0.1, 0.15) is 5.65 Å². The van der Waals surface area contributed by atoms with Crippen LogP contribution in [0.1, 0.15) is 12.8 Å². The number of hydrogen-bond acceptors (Lipinski definition) is 6. The van der Waals surface area contributed by atoms with E-state index in [1.807, 2.05) is 30.6 Å². The standard InChI is InChI=1S/C19H18N6O/c1-26-13-7-12(8-13)24-19-23-10-15-14(9-22-18(15)25-19)11-2-3-16-17(6-11)21-5-4-20-16/h2-6,9-10,12-13H,7-8H2,1H3,(H2,22,23,24,25)/t12-,13+. The molecule has 7 heteroatoms. The maximum absolute atomic E-state index is 5.31. The summed E-state index contributed by atoms with van der Waals surface area (Å²) in [6.45, 7) is 0. The molecule has 0 bridgehead atoms. The monoisotopic (exact) mass is 346 g/mol. The summed E-state index contributed by atoms with van der Waals surface area (Å²) in [6, 6.07) is 6.45. The highest BCUT2D eigenvalue weighted by Crippen LogP contribution is 2.30. The van der Waals surface area contributed by atoms with Gasteiger partial charge in [0.2, 0.25) is 5.95 Å². The molecule has 3 heterocycles. The van der Waals surface area contributed by atoms with Gasteiger partial charge in [0.15, 0.2) is 0 Å². The zero-order valence-electron chi connectivity index (χ0n) is 14.3. The van der Waals surface area contributed by atoms with Gasteiger partial charge in [0.05, 0.1) is 17.1 Å². The molecule has 2 N–H and O–H groups in total.